The molecule has 5 nitrogen and oxygen atoms in total. The van der Waals surface area contributed by atoms with Crippen LogP contribution in [-0.4, -0.2) is 26.7 Å². The van der Waals surface area contributed by atoms with Crippen molar-refractivity contribution in [2.24, 2.45) is 23.5 Å². The van der Waals surface area contributed by atoms with Gasteiger partial charge in [0.05, 0.1) is 11.3 Å². The summed E-state index contributed by atoms with van der Waals surface area (Å²) in [7, 11) is 0. The lowest BCUT2D eigenvalue weighted by atomic mass is 9.52. The average molecular weight is 422 g/mol. The molecule has 0 aliphatic heterocycles. The second-order valence-corrected chi connectivity index (χ2v) is 7.97. The molecular weight excluding hydrogens is 395 g/mol. The van der Waals surface area contributed by atoms with E-state index >= 15 is 0 Å². The first-order valence-electron chi connectivity index (χ1n) is 8.79. The van der Waals surface area contributed by atoms with Gasteiger partial charge in [-0.2, -0.15) is 0 Å². The minimum absolute atomic E-state index is 0. The van der Waals surface area contributed by atoms with E-state index < -0.39 is 0 Å². The number of aromatic nitrogens is 2. The number of hydrogen-bond acceptors (Lipinski definition) is 4. The Hall–Kier alpha value is -0.720. The molecule has 0 spiro atoms. The number of halogens is 3. The van der Waals surface area contributed by atoms with Crippen LogP contribution in [-0.2, 0) is 6.54 Å². The molecule has 0 radical (unpaired) electrons. The molecule has 2 atom stereocenters. The lowest BCUT2D eigenvalue weighted by Crippen LogP contribution is -2.59. The largest absolute Gasteiger partial charge is 0.390 e. The van der Waals surface area contributed by atoms with Crippen molar-refractivity contribution in [1.82, 2.24) is 9.97 Å². The van der Waals surface area contributed by atoms with Crippen LogP contribution in [0.3, 0.4) is 0 Å². The van der Waals surface area contributed by atoms with Gasteiger partial charge in [-0.15, -0.1) is 37.2 Å². The molecule has 6 rings (SSSR count). The average Bonchev–Trinajstić information content (AvgIpc) is 2.98. The van der Waals surface area contributed by atoms with Crippen molar-refractivity contribution in [1.29, 1.82) is 0 Å². The van der Waals surface area contributed by atoms with Gasteiger partial charge in [0.25, 0.3) is 0 Å². The first-order chi connectivity index (χ1) is 11.1. The smallest absolute Gasteiger partial charge is 0.139 e. The summed E-state index contributed by atoms with van der Waals surface area (Å²) in [6.45, 7) is 0.491. The molecule has 4 bridgehead atoms. The molecule has 4 fully saturated rings. The zero-order valence-electron chi connectivity index (χ0n) is 14.5. The van der Waals surface area contributed by atoms with Crippen molar-refractivity contribution in [3.8, 4) is 0 Å². The standard InChI is InChI=1S/C18H24N4O.3ClH/c19-8-13-9-21-17-14(1-2-20-17)16(13)22-15-11-3-10-4-12(15)7-18(23,5-10)6-11;;;/h1-2,9-12,15,23H,3-8,19H2,(H2,20,21,22);3*1H. The zero-order valence-corrected chi connectivity index (χ0v) is 16.9. The first kappa shape index (κ1) is 21.6. The highest BCUT2D eigenvalue weighted by atomic mass is 35.5. The Kier molecular flexibility index (Phi) is 6.41. The Balaban J connectivity index is 0.000000810. The van der Waals surface area contributed by atoms with Crippen molar-refractivity contribution < 1.29 is 5.11 Å². The third kappa shape index (κ3) is 3.29. The number of fused-ring (bicyclic) bond motifs is 1. The molecule has 26 heavy (non-hydrogen) atoms. The number of rotatable bonds is 3. The molecule has 0 aromatic carbocycles. The maximum Gasteiger partial charge on any atom is 0.139 e. The van der Waals surface area contributed by atoms with Gasteiger partial charge in [-0.3, -0.25) is 0 Å². The third-order valence-electron chi connectivity index (χ3n) is 6.44. The summed E-state index contributed by atoms with van der Waals surface area (Å²) in [6, 6.07) is 2.53. The van der Waals surface area contributed by atoms with Gasteiger partial charge in [0.15, 0.2) is 0 Å². The monoisotopic (exact) mass is 420 g/mol. The molecule has 2 heterocycles. The van der Waals surface area contributed by atoms with Crippen LogP contribution in [0.2, 0.25) is 0 Å². The fraction of sp³-hybridized carbons (Fsp3) is 0.611. The topological polar surface area (TPSA) is 87.0 Å². The quantitative estimate of drug-likeness (QED) is 0.609. The van der Waals surface area contributed by atoms with E-state index in [1.165, 1.54) is 12.8 Å². The van der Waals surface area contributed by atoms with Crippen molar-refractivity contribution in [2.45, 2.75) is 50.3 Å². The first-order valence-corrected chi connectivity index (χ1v) is 8.79. The van der Waals surface area contributed by atoms with Crippen LogP contribution in [0.15, 0.2) is 18.5 Å². The number of hydrogen-bond donors (Lipinski definition) is 4. The second kappa shape index (κ2) is 7.72. The van der Waals surface area contributed by atoms with Crippen molar-refractivity contribution in [3.05, 3.63) is 24.0 Å². The number of nitrogens with one attached hydrogen (secondary N) is 2. The molecule has 146 valence electrons. The van der Waals surface area contributed by atoms with E-state index in [1.807, 2.05) is 12.4 Å². The Bertz CT molecular complexity index is 752. The highest BCUT2D eigenvalue weighted by Gasteiger charge is 2.54. The predicted molar refractivity (Wildman–Crippen MR) is 112 cm³/mol. The van der Waals surface area contributed by atoms with Gasteiger partial charge in [-0.25, -0.2) is 4.98 Å². The van der Waals surface area contributed by atoms with Gasteiger partial charge in [-0.05, 0) is 55.9 Å². The van der Waals surface area contributed by atoms with Crippen LogP contribution in [0.5, 0.6) is 0 Å². The van der Waals surface area contributed by atoms with Crippen LogP contribution in [0.25, 0.3) is 11.0 Å². The second-order valence-electron chi connectivity index (χ2n) is 7.97. The summed E-state index contributed by atoms with van der Waals surface area (Å²) in [6.07, 6.45) is 9.27. The maximum atomic E-state index is 10.8. The molecule has 4 aliphatic carbocycles. The van der Waals surface area contributed by atoms with Crippen LogP contribution in [0, 0.1) is 17.8 Å². The van der Waals surface area contributed by atoms with Gasteiger partial charge in [-0.1, -0.05) is 0 Å². The van der Waals surface area contributed by atoms with Gasteiger partial charge in [0, 0.05) is 35.9 Å². The van der Waals surface area contributed by atoms with E-state index in [9.17, 15) is 5.11 Å². The molecule has 0 saturated heterocycles. The number of H-pyrrole nitrogens is 1. The number of aromatic amines is 1. The van der Waals surface area contributed by atoms with E-state index in [4.69, 9.17) is 5.73 Å². The Morgan fingerprint density at radius 2 is 1.88 bits per heavy atom. The maximum absolute atomic E-state index is 10.8. The molecular formula is C18H27Cl3N4O. The molecule has 2 unspecified atom stereocenters. The molecule has 0 amide bonds. The van der Waals surface area contributed by atoms with E-state index in [1.54, 1.807) is 0 Å². The zero-order chi connectivity index (χ0) is 15.6. The minimum atomic E-state index is -0.382. The highest BCUT2D eigenvalue weighted by Crippen LogP contribution is 2.56. The normalized spacial score (nSPS) is 33.9. The van der Waals surface area contributed by atoms with E-state index in [0.717, 1.165) is 47.5 Å². The fourth-order valence-corrected chi connectivity index (χ4v) is 5.76. The summed E-state index contributed by atoms with van der Waals surface area (Å²) in [4.78, 5) is 7.64. The van der Waals surface area contributed by atoms with Crippen LogP contribution >= 0.6 is 37.2 Å². The van der Waals surface area contributed by atoms with E-state index in [0.29, 0.717) is 24.4 Å². The summed E-state index contributed by atoms with van der Waals surface area (Å²) in [5.41, 5.74) is 8.69. The molecule has 4 aliphatic rings. The summed E-state index contributed by atoms with van der Waals surface area (Å²) < 4.78 is 0. The van der Waals surface area contributed by atoms with E-state index in [-0.39, 0.29) is 42.8 Å². The summed E-state index contributed by atoms with van der Waals surface area (Å²) >= 11 is 0. The molecule has 2 aromatic rings. The molecule has 5 N–H and O–H groups in total. The lowest BCUT2D eigenvalue weighted by molar-refractivity contribution is -0.129. The molecule has 4 saturated carbocycles. The van der Waals surface area contributed by atoms with Crippen molar-refractivity contribution in [3.63, 3.8) is 0 Å². The fourth-order valence-electron chi connectivity index (χ4n) is 5.76. The van der Waals surface area contributed by atoms with Crippen LogP contribution in [0.4, 0.5) is 5.69 Å². The van der Waals surface area contributed by atoms with Gasteiger partial charge >= 0.3 is 0 Å². The summed E-state index contributed by atoms with van der Waals surface area (Å²) in [5, 5.41) is 15.7. The third-order valence-corrected chi connectivity index (χ3v) is 6.44. The predicted octanol–water partition coefficient (Wildman–Crippen LogP) is 3.64. The van der Waals surface area contributed by atoms with Gasteiger partial charge in [0.1, 0.15) is 5.65 Å². The summed E-state index contributed by atoms with van der Waals surface area (Å²) in [5.74, 6) is 1.90. The van der Waals surface area contributed by atoms with Gasteiger partial charge in [0.2, 0.25) is 0 Å². The SMILES string of the molecule is Cl.Cl.Cl.NCc1cnc2[nH]ccc2c1NC1C2CC3CC1CC(O)(C3)C2. The number of nitrogens with zero attached hydrogens (tertiary/aromatic N) is 1. The van der Waals surface area contributed by atoms with Gasteiger partial charge < -0.3 is 21.1 Å². The number of anilines is 1. The minimum Gasteiger partial charge on any atom is -0.390 e. The number of nitrogens with two attached hydrogens (primary N) is 1. The van der Waals surface area contributed by atoms with Crippen molar-refractivity contribution >= 4 is 53.9 Å². The lowest BCUT2D eigenvalue weighted by Gasteiger charge is -2.58. The van der Waals surface area contributed by atoms with E-state index in [2.05, 4.69) is 21.4 Å². The number of pyridine rings is 1. The molecule has 8 heteroatoms. The molecule has 2 aromatic heterocycles. The van der Waals surface area contributed by atoms with Crippen LogP contribution < -0.4 is 11.1 Å². The highest BCUT2D eigenvalue weighted by molar-refractivity contribution is 5.91. The Morgan fingerprint density at radius 3 is 2.50 bits per heavy atom. The van der Waals surface area contributed by atoms with Crippen LogP contribution in [0.1, 0.15) is 37.7 Å². The van der Waals surface area contributed by atoms with Crippen molar-refractivity contribution in [2.75, 3.05) is 5.32 Å². The number of aliphatic hydroxyl groups is 1. The Morgan fingerprint density at radius 1 is 1.19 bits per heavy atom. The Labute approximate surface area is 172 Å².